The monoisotopic (exact) mass is 312 g/mol. The zero-order valence-corrected chi connectivity index (χ0v) is 15.3. The number of carbonyl (C=O) groups excluding carboxylic acids is 1. The van der Waals surface area contributed by atoms with Crippen molar-refractivity contribution in [1.29, 1.82) is 0 Å². The van der Waals surface area contributed by atoms with E-state index in [9.17, 15) is 4.79 Å². The normalized spacial score (nSPS) is 20.8. The standard InChI is InChI=1S/C19H36O3/c1-6-17(12-14-20)19(3,4)13-11-15(2)22-18(21-5)16-9-7-8-10-16/h14-18H,6-13H2,1-5H3/t15?,17-,18+/m0/s1. The maximum Gasteiger partial charge on any atom is 0.160 e. The summed E-state index contributed by atoms with van der Waals surface area (Å²) >= 11 is 0. The van der Waals surface area contributed by atoms with Gasteiger partial charge in [-0.15, -0.1) is 0 Å². The minimum absolute atomic E-state index is 0.0439. The smallest absolute Gasteiger partial charge is 0.160 e. The molecule has 0 N–H and O–H groups in total. The van der Waals surface area contributed by atoms with Crippen LogP contribution in [0.3, 0.4) is 0 Å². The van der Waals surface area contributed by atoms with Crippen LogP contribution in [0.4, 0.5) is 0 Å². The number of carbonyl (C=O) groups is 1. The Labute approximate surface area is 137 Å². The van der Waals surface area contributed by atoms with E-state index in [1.165, 1.54) is 25.7 Å². The molecule has 0 amide bonds. The summed E-state index contributed by atoms with van der Waals surface area (Å²) in [5.74, 6) is 1.03. The highest BCUT2D eigenvalue weighted by atomic mass is 16.7. The van der Waals surface area contributed by atoms with Crippen molar-refractivity contribution in [3.63, 3.8) is 0 Å². The first-order chi connectivity index (χ1) is 10.4. The van der Waals surface area contributed by atoms with Crippen LogP contribution >= 0.6 is 0 Å². The third kappa shape index (κ3) is 6.00. The van der Waals surface area contributed by atoms with Crippen LogP contribution in [0.25, 0.3) is 0 Å². The highest BCUT2D eigenvalue weighted by Gasteiger charge is 2.30. The van der Waals surface area contributed by atoms with Gasteiger partial charge in [0.15, 0.2) is 6.29 Å². The van der Waals surface area contributed by atoms with Crippen LogP contribution in [0.5, 0.6) is 0 Å². The van der Waals surface area contributed by atoms with E-state index in [0.29, 0.717) is 18.3 Å². The van der Waals surface area contributed by atoms with E-state index in [4.69, 9.17) is 9.47 Å². The fourth-order valence-electron chi connectivity index (χ4n) is 3.82. The summed E-state index contributed by atoms with van der Waals surface area (Å²) in [6, 6.07) is 0. The van der Waals surface area contributed by atoms with E-state index in [2.05, 4.69) is 27.7 Å². The van der Waals surface area contributed by atoms with Crippen molar-refractivity contribution in [3.8, 4) is 0 Å². The van der Waals surface area contributed by atoms with Gasteiger partial charge in [-0.3, -0.25) is 0 Å². The largest absolute Gasteiger partial charge is 0.356 e. The van der Waals surface area contributed by atoms with Crippen LogP contribution < -0.4 is 0 Å². The van der Waals surface area contributed by atoms with Crippen LogP contribution in [0, 0.1) is 17.3 Å². The predicted molar refractivity (Wildman–Crippen MR) is 90.8 cm³/mol. The Morgan fingerprint density at radius 3 is 2.41 bits per heavy atom. The maximum absolute atomic E-state index is 10.8. The molecule has 0 aromatic rings. The molecule has 1 fully saturated rings. The average Bonchev–Trinajstić information content (AvgIpc) is 3.02. The van der Waals surface area contributed by atoms with E-state index in [0.717, 1.165) is 25.5 Å². The molecule has 3 heteroatoms. The fraction of sp³-hybridized carbons (Fsp3) is 0.947. The lowest BCUT2D eigenvalue weighted by Crippen LogP contribution is -2.30. The van der Waals surface area contributed by atoms with Gasteiger partial charge in [0.1, 0.15) is 6.29 Å². The van der Waals surface area contributed by atoms with E-state index >= 15 is 0 Å². The lowest BCUT2D eigenvalue weighted by atomic mass is 9.72. The SMILES string of the molecule is CC[C@@H](CC=O)C(C)(C)CCC(C)O[C@@H](OC)C1CCCC1. The Hall–Kier alpha value is -0.410. The number of rotatable bonds is 11. The van der Waals surface area contributed by atoms with Crippen molar-refractivity contribution in [2.24, 2.45) is 17.3 Å². The minimum atomic E-state index is -0.0439. The first-order valence-electron chi connectivity index (χ1n) is 9.06. The molecule has 1 rings (SSSR count). The number of hydrogen-bond donors (Lipinski definition) is 0. The van der Waals surface area contributed by atoms with Gasteiger partial charge >= 0.3 is 0 Å². The second kappa shape index (κ2) is 9.67. The Morgan fingerprint density at radius 2 is 1.91 bits per heavy atom. The van der Waals surface area contributed by atoms with Crippen molar-refractivity contribution in [1.82, 2.24) is 0 Å². The number of hydrogen-bond acceptors (Lipinski definition) is 3. The van der Waals surface area contributed by atoms with Crippen LogP contribution in [0.15, 0.2) is 0 Å². The maximum atomic E-state index is 10.8. The molecular formula is C19H36O3. The van der Waals surface area contributed by atoms with Gasteiger partial charge in [0, 0.05) is 19.4 Å². The lowest BCUT2D eigenvalue weighted by Gasteiger charge is -2.34. The molecule has 130 valence electrons. The molecule has 0 saturated heterocycles. The first kappa shape index (κ1) is 19.6. The first-order valence-corrected chi connectivity index (χ1v) is 9.06. The molecule has 3 nitrogen and oxygen atoms in total. The molecule has 1 aliphatic carbocycles. The highest BCUT2D eigenvalue weighted by molar-refractivity contribution is 5.49. The third-order valence-electron chi connectivity index (χ3n) is 5.56. The molecule has 0 bridgehead atoms. The van der Waals surface area contributed by atoms with E-state index < -0.39 is 0 Å². The van der Waals surface area contributed by atoms with Crippen LogP contribution in [0.1, 0.15) is 79.1 Å². The summed E-state index contributed by atoms with van der Waals surface area (Å²) < 4.78 is 11.7. The minimum Gasteiger partial charge on any atom is -0.356 e. The third-order valence-corrected chi connectivity index (χ3v) is 5.56. The Morgan fingerprint density at radius 1 is 1.27 bits per heavy atom. The molecule has 3 atom stereocenters. The van der Waals surface area contributed by atoms with Gasteiger partial charge < -0.3 is 14.3 Å². The molecule has 0 aliphatic heterocycles. The summed E-state index contributed by atoms with van der Waals surface area (Å²) in [5, 5.41) is 0. The highest BCUT2D eigenvalue weighted by Crippen LogP contribution is 2.37. The van der Waals surface area contributed by atoms with Crippen molar-refractivity contribution in [2.45, 2.75) is 91.5 Å². The molecule has 1 unspecified atom stereocenters. The second-order valence-corrected chi connectivity index (χ2v) is 7.63. The molecule has 0 aromatic heterocycles. The Balaban J connectivity index is 2.42. The van der Waals surface area contributed by atoms with E-state index in [1.807, 2.05) is 0 Å². The average molecular weight is 312 g/mol. The summed E-state index contributed by atoms with van der Waals surface area (Å²) in [4.78, 5) is 10.8. The Bertz CT molecular complexity index is 308. The van der Waals surface area contributed by atoms with Gasteiger partial charge in [-0.2, -0.15) is 0 Å². The summed E-state index contributed by atoms with van der Waals surface area (Å²) in [5.41, 5.74) is 0.184. The molecule has 0 aromatic carbocycles. The molecular weight excluding hydrogens is 276 g/mol. The topological polar surface area (TPSA) is 35.5 Å². The Kier molecular flexibility index (Phi) is 8.63. The van der Waals surface area contributed by atoms with Gasteiger partial charge in [0.25, 0.3) is 0 Å². The zero-order chi connectivity index (χ0) is 16.6. The van der Waals surface area contributed by atoms with Crippen molar-refractivity contribution in [2.75, 3.05) is 7.11 Å². The van der Waals surface area contributed by atoms with Gasteiger partial charge in [0.05, 0.1) is 6.10 Å². The zero-order valence-electron chi connectivity index (χ0n) is 15.3. The van der Waals surface area contributed by atoms with Crippen molar-refractivity contribution < 1.29 is 14.3 Å². The van der Waals surface area contributed by atoms with Gasteiger partial charge in [-0.25, -0.2) is 0 Å². The number of ether oxygens (including phenoxy) is 2. The second-order valence-electron chi connectivity index (χ2n) is 7.63. The molecule has 1 aliphatic rings. The van der Waals surface area contributed by atoms with Crippen LogP contribution in [-0.4, -0.2) is 25.8 Å². The van der Waals surface area contributed by atoms with E-state index in [-0.39, 0.29) is 17.8 Å². The number of methoxy groups -OCH3 is 1. The summed E-state index contributed by atoms with van der Waals surface area (Å²) in [6.07, 6.45) is 10.1. The predicted octanol–water partition coefficient (Wildman–Crippen LogP) is 4.98. The lowest BCUT2D eigenvalue weighted by molar-refractivity contribution is -0.181. The molecule has 22 heavy (non-hydrogen) atoms. The van der Waals surface area contributed by atoms with Crippen LogP contribution in [0.2, 0.25) is 0 Å². The van der Waals surface area contributed by atoms with Gasteiger partial charge in [-0.05, 0) is 43.9 Å². The molecule has 1 saturated carbocycles. The summed E-state index contributed by atoms with van der Waals surface area (Å²) in [7, 11) is 1.76. The molecule has 0 spiro atoms. The molecule has 0 radical (unpaired) electrons. The van der Waals surface area contributed by atoms with E-state index in [1.54, 1.807) is 7.11 Å². The molecule has 0 heterocycles. The van der Waals surface area contributed by atoms with Crippen molar-refractivity contribution >= 4 is 6.29 Å². The van der Waals surface area contributed by atoms with Gasteiger partial charge in [-0.1, -0.05) is 40.0 Å². The summed E-state index contributed by atoms with van der Waals surface area (Å²) in [6.45, 7) is 8.89. The van der Waals surface area contributed by atoms with Crippen LogP contribution in [-0.2, 0) is 14.3 Å². The fourth-order valence-corrected chi connectivity index (χ4v) is 3.82. The number of aldehydes is 1. The quantitative estimate of drug-likeness (QED) is 0.399. The van der Waals surface area contributed by atoms with Crippen molar-refractivity contribution in [3.05, 3.63) is 0 Å². The van der Waals surface area contributed by atoms with Gasteiger partial charge in [0.2, 0.25) is 0 Å².